The van der Waals surface area contributed by atoms with E-state index >= 15 is 0 Å². The van der Waals surface area contributed by atoms with Crippen LogP contribution in [0.3, 0.4) is 0 Å². The van der Waals surface area contributed by atoms with Gasteiger partial charge < -0.3 is 10.0 Å². The number of carboxylic acid groups (broad SMARTS) is 1. The molecule has 4 nitrogen and oxygen atoms in total. The van der Waals surface area contributed by atoms with Gasteiger partial charge in [-0.25, -0.2) is 4.79 Å². The van der Waals surface area contributed by atoms with Crippen molar-refractivity contribution in [1.82, 2.24) is 4.90 Å². The average Bonchev–Trinajstić information content (AvgIpc) is 2.67. The largest absolute Gasteiger partial charge is 0.465 e. The summed E-state index contributed by atoms with van der Waals surface area (Å²) in [7, 11) is 0. The first-order valence-corrected chi connectivity index (χ1v) is 5.25. The average molecular weight is 209 g/mol. The van der Waals surface area contributed by atoms with Crippen LogP contribution in [-0.4, -0.2) is 35.0 Å². The number of carbonyl (C=O) groups is 2. The SMILES string of the molecule is C=CCC1C(=O)C[C@H]2CN(C(=O)O)C[C@@H]12. The van der Waals surface area contributed by atoms with Crippen molar-refractivity contribution in [3.63, 3.8) is 0 Å². The first kappa shape index (κ1) is 10.2. The van der Waals surface area contributed by atoms with E-state index < -0.39 is 6.09 Å². The molecule has 4 heteroatoms. The molecule has 1 aliphatic carbocycles. The standard InChI is InChI=1S/C11H15NO3/c1-2-3-8-9-6-12(11(14)15)5-7(9)4-10(8)13/h2,7-9H,1,3-6H2,(H,14,15)/t7-,8?,9+/m0/s1. The van der Waals surface area contributed by atoms with E-state index in [0.29, 0.717) is 25.9 Å². The van der Waals surface area contributed by atoms with Gasteiger partial charge in [-0.05, 0) is 18.3 Å². The van der Waals surface area contributed by atoms with E-state index in [1.54, 1.807) is 6.08 Å². The van der Waals surface area contributed by atoms with Gasteiger partial charge in [0.2, 0.25) is 0 Å². The van der Waals surface area contributed by atoms with Crippen LogP contribution in [0.4, 0.5) is 4.79 Å². The molecule has 2 aliphatic rings. The molecule has 0 aromatic rings. The molecule has 0 spiro atoms. The predicted molar refractivity (Wildman–Crippen MR) is 54.5 cm³/mol. The van der Waals surface area contributed by atoms with Gasteiger partial charge in [0.25, 0.3) is 0 Å². The van der Waals surface area contributed by atoms with Gasteiger partial charge in [0.1, 0.15) is 5.78 Å². The Bertz CT molecular complexity index is 313. The highest BCUT2D eigenvalue weighted by atomic mass is 16.4. The van der Waals surface area contributed by atoms with Crippen LogP contribution in [0.15, 0.2) is 12.7 Å². The Balaban J connectivity index is 2.08. The van der Waals surface area contributed by atoms with E-state index in [2.05, 4.69) is 6.58 Å². The van der Waals surface area contributed by atoms with Crippen LogP contribution in [-0.2, 0) is 4.79 Å². The molecule has 1 amide bonds. The van der Waals surface area contributed by atoms with E-state index in [9.17, 15) is 9.59 Å². The maximum Gasteiger partial charge on any atom is 0.407 e. The quantitative estimate of drug-likeness (QED) is 0.699. The van der Waals surface area contributed by atoms with E-state index in [0.717, 1.165) is 0 Å². The van der Waals surface area contributed by atoms with Crippen molar-refractivity contribution in [1.29, 1.82) is 0 Å². The zero-order valence-electron chi connectivity index (χ0n) is 8.56. The summed E-state index contributed by atoms with van der Waals surface area (Å²) in [6.45, 7) is 4.69. The monoisotopic (exact) mass is 209 g/mol. The maximum atomic E-state index is 11.6. The Morgan fingerprint density at radius 2 is 2.33 bits per heavy atom. The van der Waals surface area contributed by atoms with Crippen molar-refractivity contribution in [2.24, 2.45) is 17.8 Å². The van der Waals surface area contributed by atoms with E-state index in [-0.39, 0.29) is 23.5 Å². The molecule has 0 aromatic carbocycles. The van der Waals surface area contributed by atoms with Crippen LogP contribution in [0.1, 0.15) is 12.8 Å². The molecular weight excluding hydrogens is 194 g/mol. The fraction of sp³-hybridized carbons (Fsp3) is 0.636. The topological polar surface area (TPSA) is 57.6 Å². The van der Waals surface area contributed by atoms with Gasteiger partial charge in [-0.1, -0.05) is 6.08 Å². The van der Waals surface area contributed by atoms with Gasteiger partial charge in [-0.3, -0.25) is 4.79 Å². The molecule has 1 aliphatic heterocycles. The van der Waals surface area contributed by atoms with Crippen molar-refractivity contribution >= 4 is 11.9 Å². The molecule has 82 valence electrons. The number of likely N-dealkylation sites (tertiary alicyclic amines) is 1. The number of hydrogen-bond acceptors (Lipinski definition) is 2. The summed E-state index contributed by atoms with van der Waals surface area (Å²) in [5, 5.41) is 8.87. The van der Waals surface area contributed by atoms with Crippen LogP contribution in [0, 0.1) is 17.8 Å². The third-order valence-electron chi connectivity index (χ3n) is 3.58. The molecular formula is C11H15NO3. The smallest absolute Gasteiger partial charge is 0.407 e. The van der Waals surface area contributed by atoms with Gasteiger partial charge in [-0.15, -0.1) is 6.58 Å². The number of allylic oxidation sites excluding steroid dienone is 1. The highest BCUT2D eigenvalue weighted by Crippen LogP contribution is 2.41. The first-order chi connectivity index (χ1) is 7.13. The highest BCUT2D eigenvalue weighted by molar-refractivity contribution is 5.84. The molecule has 15 heavy (non-hydrogen) atoms. The number of hydrogen-bond donors (Lipinski definition) is 1. The van der Waals surface area contributed by atoms with Crippen LogP contribution < -0.4 is 0 Å². The minimum atomic E-state index is -0.866. The van der Waals surface area contributed by atoms with Gasteiger partial charge in [0.05, 0.1) is 0 Å². The number of ketones is 1. The Hall–Kier alpha value is -1.32. The second kappa shape index (κ2) is 3.68. The summed E-state index contributed by atoms with van der Waals surface area (Å²) in [5.74, 6) is 0.775. The Morgan fingerprint density at radius 3 is 2.93 bits per heavy atom. The maximum absolute atomic E-state index is 11.6. The molecule has 2 fully saturated rings. The summed E-state index contributed by atoms with van der Waals surface area (Å²) >= 11 is 0. The van der Waals surface area contributed by atoms with Crippen molar-refractivity contribution < 1.29 is 14.7 Å². The van der Waals surface area contributed by atoms with Crippen LogP contribution >= 0.6 is 0 Å². The normalized spacial score (nSPS) is 34.3. The number of Topliss-reactive ketones (excluding diaryl/α,β-unsaturated/α-hetero) is 1. The summed E-state index contributed by atoms with van der Waals surface area (Å²) in [6, 6.07) is 0. The van der Waals surface area contributed by atoms with E-state index in [1.165, 1.54) is 4.90 Å². The third kappa shape index (κ3) is 1.64. The minimum Gasteiger partial charge on any atom is -0.465 e. The number of nitrogens with zero attached hydrogens (tertiary/aromatic N) is 1. The molecule has 3 atom stereocenters. The molecule has 1 heterocycles. The van der Waals surface area contributed by atoms with Crippen LogP contribution in [0.2, 0.25) is 0 Å². The van der Waals surface area contributed by atoms with Crippen molar-refractivity contribution in [3.05, 3.63) is 12.7 Å². The van der Waals surface area contributed by atoms with Crippen LogP contribution in [0.5, 0.6) is 0 Å². The second-order valence-corrected chi connectivity index (χ2v) is 4.41. The summed E-state index contributed by atoms with van der Waals surface area (Å²) in [6.07, 6.45) is 2.13. The lowest BCUT2D eigenvalue weighted by molar-refractivity contribution is -0.121. The zero-order chi connectivity index (χ0) is 11.0. The van der Waals surface area contributed by atoms with Gasteiger partial charge in [0, 0.05) is 25.4 Å². The predicted octanol–water partition coefficient (Wildman–Crippen LogP) is 1.38. The molecule has 1 unspecified atom stereocenters. The Kier molecular flexibility index (Phi) is 2.50. The van der Waals surface area contributed by atoms with Crippen LogP contribution in [0.25, 0.3) is 0 Å². The zero-order valence-corrected chi connectivity index (χ0v) is 8.56. The molecule has 1 saturated heterocycles. The molecule has 0 aromatic heterocycles. The lowest BCUT2D eigenvalue weighted by Crippen LogP contribution is -2.29. The lowest BCUT2D eigenvalue weighted by Gasteiger charge is -2.16. The number of fused-ring (bicyclic) bond motifs is 1. The highest BCUT2D eigenvalue weighted by Gasteiger charge is 2.47. The van der Waals surface area contributed by atoms with Gasteiger partial charge >= 0.3 is 6.09 Å². The summed E-state index contributed by atoms with van der Waals surface area (Å²) < 4.78 is 0. The first-order valence-electron chi connectivity index (χ1n) is 5.25. The molecule has 0 bridgehead atoms. The van der Waals surface area contributed by atoms with E-state index in [4.69, 9.17) is 5.11 Å². The van der Waals surface area contributed by atoms with Crippen molar-refractivity contribution in [3.8, 4) is 0 Å². The molecule has 1 saturated carbocycles. The lowest BCUT2D eigenvalue weighted by atomic mass is 9.90. The van der Waals surface area contributed by atoms with Gasteiger partial charge in [-0.2, -0.15) is 0 Å². The summed E-state index contributed by atoms with van der Waals surface area (Å²) in [5.41, 5.74) is 0. The Morgan fingerprint density at radius 1 is 1.60 bits per heavy atom. The summed E-state index contributed by atoms with van der Waals surface area (Å²) in [4.78, 5) is 23.9. The second-order valence-electron chi connectivity index (χ2n) is 4.41. The van der Waals surface area contributed by atoms with Gasteiger partial charge in [0.15, 0.2) is 0 Å². The third-order valence-corrected chi connectivity index (χ3v) is 3.58. The fourth-order valence-corrected chi connectivity index (χ4v) is 2.86. The van der Waals surface area contributed by atoms with E-state index in [1.807, 2.05) is 0 Å². The number of rotatable bonds is 2. The molecule has 2 rings (SSSR count). The van der Waals surface area contributed by atoms with Crippen molar-refractivity contribution in [2.75, 3.05) is 13.1 Å². The van der Waals surface area contributed by atoms with Crippen molar-refractivity contribution in [2.45, 2.75) is 12.8 Å². The number of amides is 1. The number of carbonyl (C=O) groups excluding carboxylic acids is 1. The fourth-order valence-electron chi connectivity index (χ4n) is 2.86. The minimum absolute atomic E-state index is 0.0110. The molecule has 1 N–H and O–H groups in total. The Labute approximate surface area is 88.6 Å². The molecule has 0 radical (unpaired) electrons.